The van der Waals surface area contributed by atoms with E-state index in [-0.39, 0.29) is 11.8 Å². The molecule has 0 radical (unpaired) electrons. The molecule has 0 bridgehead atoms. The molecule has 25 heavy (non-hydrogen) atoms. The minimum atomic E-state index is 0.264. The molecule has 130 valence electrons. The van der Waals surface area contributed by atoms with Crippen molar-refractivity contribution in [2.45, 2.75) is 46.5 Å². The predicted octanol–water partition coefficient (Wildman–Crippen LogP) is 4.49. The highest BCUT2D eigenvalue weighted by atomic mass is 15.1. The Morgan fingerprint density at radius 3 is 2.00 bits per heavy atom. The molecule has 1 aromatic carbocycles. The van der Waals surface area contributed by atoms with Crippen molar-refractivity contribution in [2.24, 2.45) is 7.05 Å². The van der Waals surface area contributed by atoms with Crippen LogP contribution in [0.15, 0.2) is 30.5 Å². The van der Waals surface area contributed by atoms with Gasteiger partial charge in [-0.3, -0.25) is 0 Å². The van der Waals surface area contributed by atoms with Crippen LogP contribution in [0, 0.1) is 6.92 Å². The van der Waals surface area contributed by atoms with Crippen LogP contribution in [0.2, 0.25) is 0 Å². The summed E-state index contributed by atoms with van der Waals surface area (Å²) in [6, 6.07) is 8.25. The Morgan fingerprint density at radius 2 is 1.48 bits per heavy atom. The zero-order valence-corrected chi connectivity index (χ0v) is 15.8. The summed E-state index contributed by atoms with van der Waals surface area (Å²) in [5.41, 5.74) is 3.18. The molecule has 5 nitrogen and oxygen atoms in total. The molecule has 0 saturated heterocycles. The van der Waals surface area contributed by atoms with Crippen molar-refractivity contribution < 1.29 is 0 Å². The van der Waals surface area contributed by atoms with E-state index in [2.05, 4.69) is 61.3 Å². The van der Waals surface area contributed by atoms with Gasteiger partial charge in [0.2, 0.25) is 0 Å². The third-order valence-corrected chi connectivity index (χ3v) is 4.30. The van der Waals surface area contributed by atoms with Crippen LogP contribution in [-0.4, -0.2) is 24.5 Å². The molecule has 3 rings (SSSR count). The van der Waals surface area contributed by atoms with Gasteiger partial charge in [-0.25, -0.2) is 19.9 Å². The Kier molecular flexibility index (Phi) is 4.66. The van der Waals surface area contributed by atoms with E-state index in [4.69, 9.17) is 9.97 Å². The van der Waals surface area contributed by atoms with E-state index in [0.717, 1.165) is 40.1 Å². The van der Waals surface area contributed by atoms with Crippen molar-refractivity contribution in [1.82, 2.24) is 24.5 Å². The third kappa shape index (κ3) is 3.45. The lowest BCUT2D eigenvalue weighted by atomic mass is 10.1. The Labute approximate surface area is 149 Å². The van der Waals surface area contributed by atoms with Gasteiger partial charge < -0.3 is 4.57 Å². The molecule has 0 saturated carbocycles. The molecule has 2 aromatic heterocycles. The summed E-state index contributed by atoms with van der Waals surface area (Å²) < 4.78 is 2.09. The van der Waals surface area contributed by atoms with Gasteiger partial charge in [-0.1, -0.05) is 45.9 Å². The SMILES string of the molecule is Cc1cnc(-c2cccc(-c3nc(C(C)C)nc(C(C)C)n3)c2)n1C. The monoisotopic (exact) mass is 335 g/mol. The van der Waals surface area contributed by atoms with E-state index in [1.54, 1.807) is 0 Å². The van der Waals surface area contributed by atoms with E-state index in [0.29, 0.717) is 0 Å². The van der Waals surface area contributed by atoms with Gasteiger partial charge in [-0.05, 0) is 13.0 Å². The Bertz CT molecular complexity index is 867. The molecule has 0 amide bonds. The molecule has 0 atom stereocenters. The predicted molar refractivity (Wildman–Crippen MR) is 100 cm³/mol. The second-order valence-electron chi connectivity index (χ2n) is 7.05. The Morgan fingerprint density at radius 1 is 0.880 bits per heavy atom. The standard InChI is InChI=1S/C20H25N5/c1-12(2)17-22-18(13(3)4)24-19(23-17)15-8-7-9-16(10-15)20-21-11-14(5)25(20)6/h7-13H,1-6H3. The molecule has 2 heterocycles. The van der Waals surface area contributed by atoms with E-state index < -0.39 is 0 Å². The van der Waals surface area contributed by atoms with Crippen LogP contribution in [0.4, 0.5) is 0 Å². The average molecular weight is 335 g/mol. The first-order chi connectivity index (χ1) is 11.9. The highest BCUT2D eigenvalue weighted by molar-refractivity contribution is 5.66. The molecule has 0 aliphatic carbocycles. The number of aromatic nitrogens is 5. The maximum atomic E-state index is 4.70. The first-order valence-electron chi connectivity index (χ1n) is 8.71. The van der Waals surface area contributed by atoms with Crippen LogP contribution in [-0.2, 0) is 7.05 Å². The number of benzene rings is 1. The summed E-state index contributed by atoms with van der Waals surface area (Å²) in [5, 5.41) is 0. The second kappa shape index (κ2) is 6.75. The van der Waals surface area contributed by atoms with Crippen molar-refractivity contribution in [3.63, 3.8) is 0 Å². The lowest BCUT2D eigenvalue weighted by Crippen LogP contribution is -2.08. The molecular formula is C20H25N5. The maximum Gasteiger partial charge on any atom is 0.163 e. The largest absolute Gasteiger partial charge is 0.331 e. The van der Waals surface area contributed by atoms with Crippen LogP contribution >= 0.6 is 0 Å². The highest BCUT2D eigenvalue weighted by Gasteiger charge is 2.14. The molecule has 5 heteroatoms. The van der Waals surface area contributed by atoms with Crippen molar-refractivity contribution in [2.75, 3.05) is 0 Å². The minimum Gasteiger partial charge on any atom is -0.331 e. The van der Waals surface area contributed by atoms with Crippen LogP contribution in [0.5, 0.6) is 0 Å². The van der Waals surface area contributed by atoms with Crippen molar-refractivity contribution >= 4 is 0 Å². The summed E-state index contributed by atoms with van der Waals surface area (Å²) >= 11 is 0. The Balaban J connectivity index is 2.11. The smallest absolute Gasteiger partial charge is 0.163 e. The summed E-state index contributed by atoms with van der Waals surface area (Å²) in [7, 11) is 2.03. The minimum absolute atomic E-state index is 0.264. The molecule has 3 aromatic rings. The topological polar surface area (TPSA) is 56.5 Å². The van der Waals surface area contributed by atoms with Crippen LogP contribution in [0.3, 0.4) is 0 Å². The van der Waals surface area contributed by atoms with E-state index in [1.165, 1.54) is 0 Å². The first kappa shape index (κ1) is 17.3. The first-order valence-corrected chi connectivity index (χ1v) is 8.71. The van der Waals surface area contributed by atoms with Crippen LogP contribution < -0.4 is 0 Å². The number of hydrogen-bond acceptors (Lipinski definition) is 4. The van der Waals surface area contributed by atoms with Crippen molar-refractivity contribution in [1.29, 1.82) is 0 Å². The van der Waals surface area contributed by atoms with Gasteiger partial charge in [-0.15, -0.1) is 0 Å². The van der Waals surface area contributed by atoms with E-state index >= 15 is 0 Å². The lowest BCUT2D eigenvalue weighted by molar-refractivity contribution is 0.697. The van der Waals surface area contributed by atoms with Gasteiger partial charge in [0.15, 0.2) is 5.82 Å². The van der Waals surface area contributed by atoms with Gasteiger partial charge in [-0.2, -0.15) is 0 Å². The highest BCUT2D eigenvalue weighted by Crippen LogP contribution is 2.25. The molecule has 0 unspecified atom stereocenters. The number of aryl methyl sites for hydroxylation is 1. The van der Waals surface area contributed by atoms with Gasteiger partial charge in [0.05, 0.1) is 0 Å². The molecule has 0 aliphatic rings. The number of nitrogens with zero attached hydrogens (tertiary/aromatic N) is 5. The van der Waals surface area contributed by atoms with E-state index in [1.807, 2.05) is 25.4 Å². The molecule has 0 aliphatic heterocycles. The number of hydrogen-bond donors (Lipinski definition) is 0. The van der Waals surface area contributed by atoms with Crippen LogP contribution in [0.1, 0.15) is 56.9 Å². The second-order valence-corrected chi connectivity index (χ2v) is 7.05. The van der Waals surface area contributed by atoms with Crippen molar-refractivity contribution in [3.05, 3.63) is 47.8 Å². The third-order valence-electron chi connectivity index (χ3n) is 4.30. The zero-order valence-electron chi connectivity index (χ0n) is 15.8. The average Bonchev–Trinajstić information content (AvgIpc) is 2.93. The van der Waals surface area contributed by atoms with E-state index in [9.17, 15) is 0 Å². The van der Waals surface area contributed by atoms with Gasteiger partial charge in [0.1, 0.15) is 17.5 Å². The van der Waals surface area contributed by atoms with Gasteiger partial charge in [0, 0.05) is 41.9 Å². The Hall–Kier alpha value is -2.56. The lowest BCUT2D eigenvalue weighted by Gasteiger charge is -2.12. The zero-order chi connectivity index (χ0) is 18.1. The molecule has 0 N–H and O–H groups in total. The van der Waals surface area contributed by atoms with Crippen LogP contribution in [0.25, 0.3) is 22.8 Å². The van der Waals surface area contributed by atoms with Gasteiger partial charge in [0.25, 0.3) is 0 Å². The fourth-order valence-electron chi connectivity index (χ4n) is 2.62. The fraction of sp³-hybridized carbons (Fsp3) is 0.400. The molecular weight excluding hydrogens is 310 g/mol. The number of imidazole rings is 1. The normalized spacial score (nSPS) is 11.5. The quantitative estimate of drug-likeness (QED) is 0.704. The summed E-state index contributed by atoms with van der Waals surface area (Å²) in [4.78, 5) is 18.5. The van der Waals surface area contributed by atoms with Crippen molar-refractivity contribution in [3.8, 4) is 22.8 Å². The van der Waals surface area contributed by atoms with Gasteiger partial charge >= 0.3 is 0 Å². The summed E-state index contributed by atoms with van der Waals surface area (Å²) in [5.74, 6) is 3.88. The molecule has 0 fully saturated rings. The summed E-state index contributed by atoms with van der Waals surface area (Å²) in [6.07, 6.45) is 1.89. The maximum absolute atomic E-state index is 4.70. The fourth-order valence-corrected chi connectivity index (χ4v) is 2.62. The number of rotatable bonds is 4. The summed E-state index contributed by atoms with van der Waals surface area (Å²) in [6.45, 7) is 10.5. The molecule has 0 spiro atoms.